The number of halogens is 4. The third kappa shape index (κ3) is 13.4. The molecule has 1 unspecified atom stereocenters. The van der Waals surface area contributed by atoms with Gasteiger partial charge in [-0.1, -0.05) is 80.6 Å². The minimum Gasteiger partial charge on any atom is -0.456 e. The number of aliphatic hydroxyl groups excluding tert-OH is 2. The number of ketones is 1. The smallest absolute Gasteiger partial charge is 0.417 e. The van der Waals surface area contributed by atoms with Gasteiger partial charge in [-0.15, -0.1) is 0 Å². The standard InChI is InChI=1S/C47H51NO14.C18H14F4N2O4S/c1-25-31(60-43(56)36(52)35(28-16-10-7-11-17-28)48-41(54)29-18-12-8-13-19-29)23-47(57)40(61-42(55)30-20-14-9-15-21-30)38-45(6,32(51)22-33-46(38,24-58-33)62-27(3)50)39(53)37(59-26(2)49)34(25)44(47,4)5;1-17(26,10-29(27,28)14-6-3-12(19)4-7-14)16(25)24-13-5-2-11(9-23)15(8-13)18(20,21)22/h7-21,31-33,35-38,40,51-52,57H,22-24H2,1-6H3,(H,48,54);2-8,26H,10H2,1H3,(H,24,25)/t31-,32-,33+,35-,36+,37+,38-,40-,45+,46-,47+;/m0./s1. The first kappa shape index (κ1) is 68.2. The quantitative estimate of drug-likeness (QED) is 0.0211. The van der Waals surface area contributed by atoms with Gasteiger partial charge < -0.3 is 54.7 Å². The Morgan fingerprint density at radius 1 is 0.835 bits per heavy atom. The van der Waals surface area contributed by atoms with E-state index < -0.39 is 163 Å². The van der Waals surface area contributed by atoms with Gasteiger partial charge in [-0.3, -0.25) is 24.0 Å². The lowest BCUT2D eigenvalue weighted by molar-refractivity contribution is -0.346. The van der Waals surface area contributed by atoms with Crippen LogP contribution in [0.15, 0.2) is 150 Å². The second kappa shape index (κ2) is 25.9. The number of fused-ring (bicyclic) bond motifs is 5. The lowest BCUT2D eigenvalue weighted by Gasteiger charge is -2.67. The zero-order chi connectivity index (χ0) is 67.0. The Labute approximate surface area is 519 Å². The summed E-state index contributed by atoms with van der Waals surface area (Å²) in [6, 6.07) is 30.3. The fourth-order valence-electron chi connectivity index (χ4n) is 12.6. The van der Waals surface area contributed by atoms with E-state index in [9.17, 15) is 75.2 Å². The maximum absolute atomic E-state index is 15.5. The number of hydrogen-bond acceptors (Lipinski definition) is 19. The average Bonchev–Trinajstić information content (AvgIpc) is 0.672. The van der Waals surface area contributed by atoms with Crippen molar-refractivity contribution >= 4 is 57.0 Å². The van der Waals surface area contributed by atoms with Gasteiger partial charge in [0.25, 0.3) is 11.8 Å². The number of carbonyl (C=O) groups is 7. The predicted molar refractivity (Wildman–Crippen MR) is 312 cm³/mol. The lowest BCUT2D eigenvalue weighted by Crippen LogP contribution is -2.82. The van der Waals surface area contributed by atoms with Crippen LogP contribution < -0.4 is 10.6 Å². The molecule has 4 aliphatic rings. The minimum atomic E-state index is -4.86. The van der Waals surface area contributed by atoms with Crippen molar-refractivity contribution in [1.29, 1.82) is 5.26 Å². The molecule has 2 saturated carbocycles. The molecule has 1 saturated heterocycles. The zero-order valence-corrected chi connectivity index (χ0v) is 50.8. The summed E-state index contributed by atoms with van der Waals surface area (Å²) in [6.45, 7) is 8.85. The highest BCUT2D eigenvalue weighted by Crippen LogP contribution is 2.64. The van der Waals surface area contributed by atoms with Crippen LogP contribution in [-0.2, 0) is 63.7 Å². The number of nitrogens with one attached hydrogen (secondary N) is 2. The van der Waals surface area contributed by atoms with Gasteiger partial charge in [0.1, 0.15) is 29.7 Å². The molecule has 21 nitrogen and oxygen atoms in total. The maximum atomic E-state index is 15.5. The van der Waals surface area contributed by atoms with E-state index in [4.69, 9.17) is 28.9 Å². The van der Waals surface area contributed by atoms with E-state index in [1.807, 2.05) is 5.32 Å². The van der Waals surface area contributed by atoms with Crippen LogP contribution in [0, 0.1) is 33.9 Å². The van der Waals surface area contributed by atoms with Crippen LogP contribution >= 0.6 is 0 Å². The van der Waals surface area contributed by atoms with Gasteiger partial charge in [0.05, 0.1) is 63.5 Å². The molecule has 1 heterocycles. The number of alkyl halides is 3. The van der Waals surface area contributed by atoms with E-state index in [1.165, 1.54) is 32.0 Å². The molecule has 6 N–H and O–H groups in total. The Bertz CT molecular complexity index is 3830. The number of ether oxygens (including phenoxy) is 5. The molecule has 2 bridgehead atoms. The van der Waals surface area contributed by atoms with Gasteiger partial charge >= 0.3 is 30.1 Å². The number of sulfone groups is 1. The summed E-state index contributed by atoms with van der Waals surface area (Å²) in [4.78, 5) is 95.4. The number of aliphatic hydroxyl groups is 4. The van der Waals surface area contributed by atoms with Crippen molar-refractivity contribution in [2.24, 2.45) is 16.7 Å². The molecular weight excluding hydrogens is 1220 g/mol. The molecule has 2 amide bonds. The molecule has 26 heteroatoms. The molecule has 9 rings (SSSR count). The first-order chi connectivity index (χ1) is 42.5. The zero-order valence-electron chi connectivity index (χ0n) is 50.0. The summed E-state index contributed by atoms with van der Waals surface area (Å²) in [5, 5.41) is 61.3. The Kier molecular flexibility index (Phi) is 19.4. The summed E-state index contributed by atoms with van der Waals surface area (Å²) in [6.07, 6.45) is -15.4. The summed E-state index contributed by atoms with van der Waals surface area (Å²) in [5.74, 6) is -9.90. The van der Waals surface area contributed by atoms with Gasteiger partial charge in [-0.25, -0.2) is 22.4 Å². The number of nitriles is 1. The maximum Gasteiger partial charge on any atom is 0.417 e. The van der Waals surface area contributed by atoms with Crippen molar-refractivity contribution in [3.05, 3.63) is 178 Å². The number of rotatable bonds is 15. The Morgan fingerprint density at radius 3 is 1.96 bits per heavy atom. The molecule has 3 fully saturated rings. The van der Waals surface area contributed by atoms with Gasteiger partial charge in [0.15, 0.2) is 39.0 Å². The summed E-state index contributed by atoms with van der Waals surface area (Å²) in [7, 11) is -4.21. The van der Waals surface area contributed by atoms with Crippen molar-refractivity contribution in [1.82, 2.24) is 5.32 Å². The topological polar surface area (TPSA) is 329 Å². The van der Waals surface area contributed by atoms with E-state index in [1.54, 1.807) is 92.7 Å². The number of Topliss-reactive ketones (excluding diaryl/α,β-unsaturated/α-hetero) is 1. The predicted octanol–water partition coefficient (Wildman–Crippen LogP) is 6.62. The van der Waals surface area contributed by atoms with E-state index >= 15 is 4.79 Å². The highest BCUT2D eigenvalue weighted by molar-refractivity contribution is 7.91. The number of benzene rings is 5. The minimum absolute atomic E-state index is 0.00289. The first-order valence-electron chi connectivity index (χ1n) is 28.4. The molecule has 0 radical (unpaired) electrons. The average molecular weight is 1280 g/mol. The van der Waals surface area contributed by atoms with Gasteiger partial charge in [-0.2, -0.15) is 18.4 Å². The van der Waals surface area contributed by atoms with Crippen molar-refractivity contribution in [3.63, 3.8) is 0 Å². The molecule has 1 aliphatic heterocycles. The van der Waals surface area contributed by atoms with Crippen molar-refractivity contribution in [3.8, 4) is 6.07 Å². The van der Waals surface area contributed by atoms with Crippen LogP contribution in [0.2, 0.25) is 0 Å². The highest BCUT2D eigenvalue weighted by Gasteiger charge is 2.78. The van der Waals surface area contributed by atoms with Crippen molar-refractivity contribution < 1.29 is 104 Å². The highest BCUT2D eigenvalue weighted by atomic mass is 32.2. The number of hydrogen-bond donors (Lipinski definition) is 6. The fraction of sp³-hybridized carbons (Fsp3) is 0.385. The first-order valence-corrected chi connectivity index (χ1v) is 30.0. The molecule has 3 aliphatic carbocycles. The molecule has 0 aromatic heterocycles. The van der Waals surface area contributed by atoms with E-state index in [0.29, 0.717) is 11.6 Å². The number of esters is 4. The van der Waals surface area contributed by atoms with Crippen LogP contribution in [-0.4, -0.2) is 136 Å². The monoisotopic (exact) mass is 1280 g/mol. The molecule has 12 atom stereocenters. The molecule has 0 spiro atoms. The Hall–Kier alpha value is -8.71. The number of nitrogens with zero attached hydrogens (tertiary/aromatic N) is 1. The molecule has 5 aromatic carbocycles. The number of carbonyl (C=O) groups excluding carboxylic acids is 7. The van der Waals surface area contributed by atoms with Crippen molar-refractivity contribution in [2.45, 2.75) is 132 Å². The van der Waals surface area contributed by atoms with Crippen LogP contribution in [0.3, 0.4) is 0 Å². The summed E-state index contributed by atoms with van der Waals surface area (Å²) >= 11 is 0. The molecular formula is C65H65F4N3O18S. The van der Waals surface area contributed by atoms with Gasteiger partial charge in [-0.05, 0) is 104 Å². The van der Waals surface area contributed by atoms with Crippen molar-refractivity contribution in [2.75, 3.05) is 17.7 Å². The Balaban J connectivity index is 0.000000308. The molecule has 482 valence electrons. The second-order valence-electron chi connectivity index (χ2n) is 23.7. The van der Waals surface area contributed by atoms with E-state index in [0.717, 1.165) is 57.2 Å². The largest absolute Gasteiger partial charge is 0.456 e. The lowest BCUT2D eigenvalue weighted by atomic mass is 9.44. The number of amides is 2. The van der Waals surface area contributed by atoms with Crippen LogP contribution in [0.4, 0.5) is 23.2 Å². The third-order valence-corrected chi connectivity index (χ3v) is 19.2. The molecule has 5 aromatic rings. The Morgan fingerprint density at radius 2 is 1.42 bits per heavy atom. The molecule has 91 heavy (non-hydrogen) atoms. The fourth-order valence-corrected chi connectivity index (χ4v) is 14.2. The normalized spacial score (nSPS) is 26.2. The third-order valence-electron chi connectivity index (χ3n) is 17.3. The van der Waals surface area contributed by atoms with E-state index in [2.05, 4.69) is 5.32 Å². The summed E-state index contributed by atoms with van der Waals surface area (Å²) < 4.78 is 107. The second-order valence-corrected chi connectivity index (χ2v) is 25.7. The van der Waals surface area contributed by atoms with Crippen LogP contribution in [0.25, 0.3) is 0 Å². The van der Waals surface area contributed by atoms with Crippen LogP contribution in [0.5, 0.6) is 0 Å². The van der Waals surface area contributed by atoms with E-state index in [-0.39, 0.29) is 45.9 Å². The summed E-state index contributed by atoms with van der Waals surface area (Å²) in [5.41, 5.74) is -11.9. The number of anilines is 1. The van der Waals surface area contributed by atoms with Crippen LogP contribution in [0.1, 0.15) is 105 Å². The SMILES string of the molecule is CC(=O)O[C@H]1C(=O)[C@@]2(C)[C@H]([C@H](OC(=O)c3ccccc3)[C@]3(O)C[C@H](OC(=O)[C@H](O)[C@@H](NC(=O)c4ccccc4)c4ccccc4)C(C)=C1C3(C)C)[C@]1(OC(C)=O)CO[C@@H]1C[C@@H]2O.CC(O)(CS(=O)(=O)c1ccc(F)cc1)C(=O)Nc1ccc(C#N)c(C(F)(F)F)c1. The van der Waals surface area contributed by atoms with Gasteiger partial charge in [0.2, 0.25) is 0 Å². The van der Waals surface area contributed by atoms with Gasteiger partial charge in [0, 0.05) is 43.4 Å².